The molecule has 1 amide bonds. The zero-order chi connectivity index (χ0) is 11.1. The maximum atomic E-state index is 10.7. The van der Waals surface area contributed by atoms with E-state index in [9.17, 15) is 4.79 Å². The summed E-state index contributed by atoms with van der Waals surface area (Å²) in [5.74, 6) is -0.207. The minimum absolute atomic E-state index is 0.207. The molecule has 2 atom stereocenters. The van der Waals surface area contributed by atoms with E-state index < -0.39 is 0 Å². The van der Waals surface area contributed by atoms with E-state index in [1.54, 1.807) is 0 Å². The average molecular weight is 200 g/mol. The van der Waals surface area contributed by atoms with Crippen LogP contribution in [0.2, 0.25) is 0 Å². The standard InChI is InChI=1S/C11H24N2O/c1-5-9(3)13(10(4)6-2)8-7-11(12)14/h9-10H,5-8H2,1-4H3,(H2,12,14). The smallest absolute Gasteiger partial charge is 0.218 e. The Morgan fingerprint density at radius 3 is 1.93 bits per heavy atom. The summed E-state index contributed by atoms with van der Waals surface area (Å²) in [5.41, 5.74) is 5.16. The molecule has 84 valence electrons. The molecular formula is C11H24N2O. The first-order valence-corrected chi connectivity index (χ1v) is 5.56. The van der Waals surface area contributed by atoms with Gasteiger partial charge >= 0.3 is 0 Å². The van der Waals surface area contributed by atoms with Crippen molar-refractivity contribution in [2.45, 2.75) is 59.0 Å². The normalized spacial score (nSPS) is 15.5. The van der Waals surface area contributed by atoms with Crippen LogP contribution in [0.5, 0.6) is 0 Å². The number of amides is 1. The molecule has 2 N–H and O–H groups in total. The van der Waals surface area contributed by atoms with Crippen LogP contribution in [0.4, 0.5) is 0 Å². The quantitative estimate of drug-likeness (QED) is 0.680. The summed E-state index contributed by atoms with van der Waals surface area (Å²) in [7, 11) is 0. The number of carbonyl (C=O) groups is 1. The number of nitrogens with zero attached hydrogens (tertiary/aromatic N) is 1. The van der Waals surface area contributed by atoms with Gasteiger partial charge in [0.25, 0.3) is 0 Å². The molecule has 0 spiro atoms. The Bertz CT molecular complexity index is 161. The van der Waals surface area contributed by atoms with E-state index in [1.807, 2.05) is 0 Å². The molecule has 0 radical (unpaired) electrons. The molecule has 3 heteroatoms. The van der Waals surface area contributed by atoms with E-state index >= 15 is 0 Å². The Morgan fingerprint density at radius 2 is 1.64 bits per heavy atom. The largest absolute Gasteiger partial charge is 0.370 e. The zero-order valence-electron chi connectivity index (χ0n) is 9.92. The van der Waals surface area contributed by atoms with E-state index in [4.69, 9.17) is 5.73 Å². The minimum Gasteiger partial charge on any atom is -0.370 e. The summed E-state index contributed by atoms with van der Waals surface area (Å²) < 4.78 is 0. The summed E-state index contributed by atoms with van der Waals surface area (Å²) in [6.07, 6.45) is 2.70. The second-order valence-electron chi connectivity index (χ2n) is 3.97. The number of primary amides is 1. The zero-order valence-corrected chi connectivity index (χ0v) is 9.92. The van der Waals surface area contributed by atoms with Crippen LogP contribution in [0.1, 0.15) is 47.0 Å². The number of hydrogen-bond donors (Lipinski definition) is 1. The highest BCUT2D eigenvalue weighted by molar-refractivity contribution is 5.73. The Labute approximate surface area is 87.6 Å². The molecule has 0 aromatic heterocycles. The van der Waals surface area contributed by atoms with Crippen LogP contribution in [-0.4, -0.2) is 29.4 Å². The lowest BCUT2D eigenvalue weighted by Gasteiger charge is -2.33. The average Bonchev–Trinajstić information content (AvgIpc) is 2.16. The van der Waals surface area contributed by atoms with Crippen LogP contribution in [0.15, 0.2) is 0 Å². The lowest BCUT2D eigenvalue weighted by atomic mass is 10.1. The molecule has 0 rings (SSSR count). The highest BCUT2D eigenvalue weighted by Crippen LogP contribution is 2.11. The van der Waals surface area contributed by atoms with Crippen LogP contribution in [-0.2, 0) is 4.79 Å². The molecule has 0 aliphatic carbocycles. The Hall–Kier alpha value is -0.570. The van der Waals surface area contributed by atoms with Crippen molar-refractivity contribution in [3.05, 3.63) is 0 Å². The molecule has 0 heterocycles. The van der Waals surface area contributed by atoms with Crippen LogP contribution in [0, 0.1) is 0 Å². The monoisotopic (exact) mass is 200 g/mol. The fourth-order valence-corrected chi connectivity index (χ4v) is 1.58. The van der Waals surface area contributed by atoms with Crippen molar-refractivity contribution >= 4 is 5.91 Å². The van der Waals surface area contributed by atoms with Gasteiger partial charge in [0.2, 0.25) is 5.91 Å². The van der Waals surface area contributed by atoms with Crippen molar-refractivity contribution in [1.29, 1.82) is 0 Å². The summed E-state index contributed by atoms with van der Waals surface area (Å²) in [6.45, 7) is 9.54. The molecule has 0 aromatic rings. The molecule has 0 saturated heterocycles. The van der Waals surface area contributed by atoms with Crippen LogP contribution in [0.3, 0.4) is 0 Å². The Kier molecular flexibility index (Phi) is 6.54. The second kappa shape index (κ2) is 6.82. The molecule has 0 aliphatic heterocycles. The van der Waals surface area contributed by atoms with E-state index in [0.29, 0.717) is 18.5 Å². The van der Waals surface area contributed by atoms with Gasteiger partial charge < -0.3 is 5.73 Å². The molecule has 0 bridgehead atoms. The number of hydrogen-bond acceptors (Lipinski definition) is 2. The van der Waals surface area contributed by atoms with Crippen molar-refractivity contribution in [1.82, 2.24) is 4.90 Å². The summed E-state index contributed by atoms with van der Waals surface area (Å²) in [5, 5.41) is 0. The van der Waals surface area contributed by atoms with Gasteiger partial charge in [-0.3, -0.25) is 9.69 Å². The van der Waals surface area contributed by atoms with E-state index in [0.717, 1.165) is 19.4 Å². The van der Waals surface area contributed by atoms with Crippen LogP contribution < -0.4 is 5.73 Å². The number of carbonyl (C=O) groups excluding carboxylic acids is 1. The van der Waals surface area contributed by atoms with Crippen LogP contribution in [0.25, 0.3) is 0 Å². The molecular weight excluding hydrogens is 176 g/mol. The molecule has 0 saturated carbocycles. The summed E-state index contributed by atoms with van der Waals surface area (Å²) >= 11 is 0. The van der Waals surface area contributed by atoms with Gasteiger partial charge in [0.1, 0.15) is 0 Å². The Morgan fingerprint density at radius 1 is 1.21 bits per heavy atom. The number of nitrogens with two attached hydrogens (primary N) is 1. The van der Waals surface area contributed by atoms with Gasteiger partial charge in [0.05, 0.1) is 0 Å². The summed E-state index contributed by atoms with van der Waals surface area (Å²) in [4.78, 5) is 13.1. The number of rotatable bonds is 7. The molecule has 2 unspecified atom stereocenters. The lowest BCUT2D eigenvalue weighted by Crippen LogP contribution is -2.41. The molecule has 0 fully saturated rings. The molecule has 0 aromatic carbocycles. The lowest BCUT2D eigenvalue weighted by molar-refractivity contribution is -0.118. The van der Waals surface area contributed by atoms with Crippen LogP contribution >= 0.6 is 0 Å². The van der Waals surface area contributed by atoms with E-state index in [1.165, 1.54) is 0 Å². The fraction of sp³-hybridized carbons (Fsp3) is 0.909. The van der Waals surface area contributed by atoms with Gasteiger partial charge in [-0.05, 0) is 26.7 Å². The maximum Gasteiger partial charge on any atom is 0.218 e. The Balaban J connectivity index is 4.17. The topological polar surface area (TPSA) is 46.3 Å². The highest BCUT2D eigenvalue weighted by Gasteiger charge is 2.17. The van der Waals surface area contributed by atoms with Crippen molar-refractivity contribution in [2.75, 3.05) is 6.54 Å². The van der Waals surface area contributed by atoms with Gasteiger partial charge in [-0.2, -0.15) is 0 Å². The minimum atomic E-state index is -0.207. The highest BCUT2D eigenvalue weighted by atomic mass is 16.1. The second-order valence-corrected chi connectivity index (χ2v) is 3.97. The first-order valence-electron chi connectivity index (χ1n) is 5.56. The fourth-order valence-electron chi connectivity index (χ4n) is 1.58. The van der Waals surface area contributed by atoms with Gasteiger partial charge in [-0.25, -0.2) is 0 Å². The van der Waals surface area contributed by atoms with Crippen molar-refractivity contribution in [3.8, 4) is 0 Å². The SMILES string of the molecule is CCC(C)N(CCC(N)=O)C(C)CC. The molecule has 0 aliphatic rings. The summed E-state index contributed by atoms with van der Waals surface area (Å²) in [6, 6.07) is 1.06. The first-order chi connectivity index (χ1) is 6.52. The van der Waals surface area contributed by atoms with E-state index in [-0.39, 0.29) is 5.91 Å². The maximum absolute atomic E-state index is 10.7. The molecule has 3 nitrogen and oxygen atoms in total. The van der Waals surface area contributed by atoms with Gasteiger partial charge in [0, 0.05) is 25.0 Å². The third kappa shape index (κ3) is 4.61. The van der Waals surface area contributed by atoms with Gasteiger partial charge in [-0.15, -0.1) is 0 Å². The third-order valence-electron chi connectivity index (χ3n) is 2.93. The molecule has 14 heavy (non-hydrogen) atoms. The van der Waals surface area contributed by atoms with Gasteiger partial charge in [-0.1, -0.05) is 13.8 Å². The van der Waals surface area contributed by atoms with E-state index in [2.05, 4.69) is 32.6 Å². The van der Waals surface area contributed by atoms with Crippen molar-refractivity contribution in [2.24, 2.45) is 5.73 Å². The van der Waals surface area contributed by atoms with Crippen molar-refractivity contribution in [3.63, 3.8) is 0 Å². The van der Waals surface area contributed by atoms with Gasteiger partial charge in [0.15, 0.2) is 0 Å². The first kappa shape index (κ1) is 13.4. The predicted molar refractivity (Wildman–Crippen MR) is 60.0 cm³/mol. The third-order valence-corrected chi connectivity index (χ3v) is 2.93. The predicted octanol–water partition coefficient (Wildman–Crippen LogP) is 1.76. The van der Waals surface area contributed by atoms with Crippen molar-refractivity contribution < 1.29 is 4.79 Å².